The number of hydrogen-bond donors (Lipinski definition) is 3. The van der Waals surface area contributed by atoms with E-state index in [1.54, 1.807) is 6.08 Å². The molecule has 14 heavy (non-hydrogen) atoms. The SMILES string of the molecule is C=CC[N+](C)(CCCO)CC(O)O.[Cl-]. The fraction of sp³-hybridized carbons (Fsp3) is 0.778. The number of hydrogen-bond acceptors (Lipinski definition) is 3. The molecule has 0 fully saturated rings. The van der Waals surface area contributed by atoms with E-state index in [1.165, 1.54) is 0 Å². The highest BCUT2D eigenvalue weighted by Gasteiger charge is 2.22. The van der Waals surface area contributed by atoms with Gasteiger partial charge in [-0.15, -0.1) is 0 Å². The Labute approximate surface area is 91.5 Å². The van der Waals surface area contributed by atoms with Gasteiger partial charge in [-0.05, 0) is 6.08 Å². The Morgan fingerprint density at radius 1 is 1.43 bits per heavy atom. The van der Waals surface area contributed by atoms with Gasteiger partial charge in [0.15, 0.2) is 0 Å². The number of aliphatic hydroxyl groups excluding tert-OH is 2. The molecule has 0 aromatic heterocycles. The smallest absolute Gasteiger partial charge is 0.202 e. The van der Waals surface area contributed by atoms with Crippen molar-refractivity contribution in [1.82, 2.24) is 0 Å². The van der Waals surface area contributed by atoms with Gasteiger partial charge in [-0.2, -0.15) is 0 Å². The van der Waals surface area contributed by atoms with Crippen LogP contribution < -0.4 is 12.4 Å². The van der Waals surface area contributed by atoms with E-state index < -0.39 is 6.29 Å². The van der Waals surface area contributed by atoms with Crippen LogP contribution in [0.5, 0.6) is 0 Å². The first-order chi connectivity index (χ1) is 6.04. The van der Waals surface area contributed by atoms with Gasteiger partial charge in [0.05, 0.1) is 20.1 Å². The number of halogens is 1. The van der Waals surface area contributed by atoms with Gasteiger partial charge < -0.3 is 32.2 Å². The van der Waals surface area contributed by atoms with E-state index in [4.69, 9.17) is 15.3 Å². The largest absolute Gasteiger partial charge is 1.00 e. The van der Waals surface area contributed by atoms with Crippen molar-refractivity contribution < 1.29 is 32.2 Å². The Balaban J connectivity index is 0. The summed E-state index contributed by atoms with van der Waals surface area (Å²) in [4.78, 5) is 0. The molecule has 0 aliphatic rings. The van der Waals surface area contributed by atoms with E-state index in [0.717, 1.165) is 6.54 Å². The molecular weight excluding hydrogens is 206 g/mol. The van der Waals surface area contributed by atoms with Crippen molar-refractivity contribution in [3.8, 4) is 0 Å². The molecule has 3 N–H and O–H groups in total. The Bertz CT molecular complexity index is 155. The fourth-order valence-corrected chi connectivity index (χ4v) is 1.42. The van der Waals surface area contributed by atoms with Crippen LogP contribution in [0, 0.1) is 0 Å². The van der Waals surface area contributed by atoms with E-state index in [9.17, 15) is 0 Å². The number of nitrogens with zero attached hydrogens (tertiary/aromatic N) is 1. The summed E-state index contributed by atoms with van der Waals surface area (Å²) in [6.07, 6.45) is 1.11. The van der Waals surface area contributed by atoms with Crippen molar-refractivity contribution in [3.63, 3.8) is 0 Å². The molecule has 0 amide bonds. The van der Waals surface area contributed by atoms with Gasteiger partial charge >= 0.3 is 0 Å². The quantitative estimate of drug-likeness (QED) is 0.238. The lowest BCUT2D eigenvalue weighted by Crippen LogP contribution is -3.00. The molecule has 0 rings (SSSR count). The topological polar surface area (TPSA) is 60.7 Å². The van der Waals surface area contributed by atoms with Gasteiger partial charge in [0.2, 0.25) is 6.29 Å². The second-order valence-corrected chi connectivity index (χ2v) is 3.55. The fourth-order valence-electron chi connectivity index (χ4n) is 1.42. The van der Waals surface area contributed by atoms with Crippen LogP contribution in [-0.4, -0.2) is 59.4 Å². The standard InChI is InChI=1S/C9H20NO3.ClH/c1-3-5-10(2,6-4-7-11)8-9(12)13;/h3,9,11-13H,1,4-8H2,2H3;1H/q+1;/p-1. The molecule has 0 radical (unpaired) electrons. The maximum atomic E-state index is 8.86. The van der Waals surface area contributed by atoms with Crippen LogP contribution in [0.2, 0.25) is 0 Å². The van der Waals surface area contributed by atoms with Crippen LogP contribution >= 0.6 is 0 Å². The van der Waals surface area contributed by atoms with Crippen LogP contribution in [0.3, 0.4) is 0 Å². The molecule has 86 valence electrons. The summed E-state index contributed by atoms with van der Waals surface area (Å²) in [5.41, 5.74) is 0. The van der Waals surface area contributed by atoms with E-state index in [2.05, 4.69) is 6.58 Å². The normalized spacial score (nSPS) is 14.6. The minimum absolute atomic E-state index is 0. The lowest BCUT2D eigenvalue weighted by molar-refractivity contribution is -0.909. The molecule has 0 spiro atoms. The van der Waals surface area contributed by atoms with E-state index in [-0.39, 0.29) is 25.6 Å². The lowest BCUT2D eigenvalue weighted by Gasteiger charge is -2.33. The Morgan fingerprint density at radius 3 is 2.36 bits per heavy atom. The highest BCUT2D eigenvalue weighted by atomic mass is 35.5. The number of rotatable bonds is 7. The third-order valence-corrected chi connectivity index (χ3v) is 2.03. The lowest BCUT2D eigenvalue weighted by atomic mass is 10.3. The van der Waals surface area contributed by atoms with Crippen LogP contribution in [0.1, 0.15) is 6.42 Å². The van der Waals surface area contributed by atoms with Gasteiger partial charge in [-0.3, -0.25) is 0 Å². The van der Waals surface area contributed by atoms with Crippen LogP contribution in [0.25, 0.3) is 0 Å². The minimum Gasteiger partial charge on any atom is -1.00 e. The van der Waals surface area contributed by atoms with Crippen molar-refractivity contribution in [2.45, 2.75) is 12.7 Å². The third kappa shape index (κ3) is 7.29. The first kappa shape index (κ1) is 16.3. The maximum Gasteiger partial charge on any atom is 0.202 e. The van der Waals surface area contributed by atoms with Crippen LogP contribution in [0.4, 0.5) is 0 Å². The molecule has 0 saturated heterocycles. The second kappa shape index (κ2) is 8.20. The monoisotopic (exact) mass is 225 g/mol. The molecule has 0 saturated carbocycles. The maximum absolute atomic E-state index is 8.86. The van der Waals surface area contributed by atoms with Gasteiger partial charge in [0.1, 0.15) is 6.54 Å². The predicted octanol–water partition coefficient (Wildman–Crippen LogP) is -3.68. The van der Waals surface area contributed by atoms with Gasteiger partial charge in [-0.1, -0.05) is 6.58 Å². The van der Waals surface area contributed by atoms with Gasteiger partial charge in [0, 0.05) is 13.0 Å². The third-order valence-electron chi connectivity index (χ3n) is 2.03. The molecule has 5 heteroatoms. The molecule has 1 unspecified atom stereocenters. The minimum atomic E-state index is -1.30. The zero-order valence-corrected chi connectivity index (χ0v) is 9.32. The summed E-state index contributed by atoms with van der Waals surface area (Å²) >= 11 is 0. The molecular formula is C9H20ClNO3. The van der Waals surface area contributed by atoms with Crippen LogP contribution in [-0.2, 0) is 0 Å². The molecule has 1 atom stereocenters. The van der Waals surface area contributed by atoms with E-state index in [0.29, 0.717) is 17.4 Å². The summed E-state index contributed by atoms with van der Waals surface area (Å²) in [6, 6.07) is 0. The summed E-state index contributed by atoms with van der Waals surface area (Å²) in [6.45, 7) is 5.42. The molecule has 0 bridgehead atoms. The van der Waals surface area contributed by atoms with Crippen molar-refractivity contribution in [1.29, 1.82) is 0 Å². The van der Waals surface area contributed by atoms with E-state index >= 15 is 0 Å². The first-order valence-electron chi connectivity index (χ1n) is 4.45. The first-order valence-corrected chi connectivity index (χ1v) is 4.45. The molecule has 4 nitrogen and oxygen atoms in total. The highest BCUT2D eigenvalue weighted by Crippen LogP contribution is 2.05. The van der Waals surface area contributed by atoms with E-state index in [1.807, 2.05) is 7.05 Å². The zero-order valence-electron chi connectivity index (χ0n) is 8.56. The Morgan fingerprint density at radius 2 is 2.00 bits per heavy atom. The summed E-state index contributed by atoms with van der Waals surface area (Å²) in [7, 11) is 1.91. The van der Waals surface area contributed by atoms with Gasteiger partial charge in [-0.25, -0.2) is 0 Å². The average Bonchev–Trinajstić information content (AvgIpc) is 2.00. The molecule has 0 aliphatic heterocycles. The summed E-state index contributed by atoms with van der Waals surface area (Å²) in [5, 5.41) is 26.4. The molecule has 0 aromatic rings. The Kier molecular flexibility index (Phi) is 9.55. The summed E-state index contributed by atoms with van der Waals surface area (Å²) < 4.78 is 0.502. The van der Waals surface area contributed by atoms with Crippen LogP contribution in [0.15, 0.2) is 12.7 Å². The highest BCUT2D eigenvalue weighted by molar-refractivity contribution is 4.65. The van der Waals surface area contributed by atoms with Crippen molar-refractivity contribution in [2.75, 3.05) is 33.3 Å². The number of quaternary nitrogens is 1. The van der Waals surface area contributed by atoms with Crippen molar-refractivity contribution in [3.05, 3.63) is 12.7 Å². The number of aliphatic hydroxyl groups is 3. The van der Waals surface area contributed by atoms with Crippen molar-refractivity contribution >= 4 is 0 Å². The Hall–Kier alpha value is -0.130. The molecule has 0 heterocycles. The second-order valence-electron chi connectivity index (χ2n) is 3.55. The number of likely N-dealkylation sites (N-methyl/N-ethyl adjacent to an activating group) is 1. The summed E-state index contributed by atoms with van der Waals surface area (Å²) in [5.74, 6) is 0. The van der Waals surface area contributed by atoms with Crippen molar-refractivity contribution in [2.24, 2.45) is 0 Å². The average molecular weight is 226 g/mol. The predicted molar refractivity (Wildman–Crippen MR) is 50.9 cm³/mol. The zero-order chi connectivity index (χ0) is 10.3. The molecule has 0 aromatic carbocycles. The molecule has 0 aliphatic carbocycles. The van der Waals surface area contributed by atoms with Gasteiger partial charge in [0.25, 0.3) is 0 Å².